The molecule has 1 N–H and O–H groups in total. The van der Waals surface area contributed by atoms with Crippen LogP contribution in [0.2, 0.25) is 0 Å². The van der Waals surface area contributed by atoms with E-state index >= 15 is 0 Å². The number of nitrogens with one attached hydrogen (secondary N) is 1. The van der Waals surface area contributed by atoms with Crippen molar-refractivity contribution in [2.24, 2.45) is 0 Å². The van der Waals surface area contributed by atoms with Gasteiger partial charge in [0.05, 0.1) is 12.7 Å². The van der Waals surface area contributed by atoms with Crippen molar-refractivity contribution < 1.29 is 17.6 Å². The first kappa shape index (κ1) is 17.6. The third kappa shape index (κ3) is 4.43. The molecule has 0 atom stereocenters. The summed E-state index contributed by atoms with van der Waals surface area (Å²) in [4.78, 5) is 12.1. The van der Waals surface area contributed by atoms with E-state index in [0.717, 1.165) is 11.1 Å². The summed E-state index contributed by atoms with van der Waals surface area (Å²) in [7, 11) is -3.24. The Kier molecular flexibility index (Phi) is 4.87. The molecule has 25 heavy (non-hydrogen) atoms. The van der Waals surface area contributed by atoms with E-state index in [0.29, 0.717) is 30.8 Å². The van der Waals surface area contributed by atoms with Crippen molar-refractivity contribution in [1.82, 2.24) is 4.31 Å². The number of hydrogen-bond donors (Lipinski definition) is 1. The Bertz CT molecular complexity index is 912. The maximum Gasteiger partial charge on any atom is 0.228 e. The normalized spacial score (nSPS) is 14.8. The molecule has 0 spiro atoms. The third-order valence-electron chi connectivity index (χ3n) is 4.19. The average molecular weight is 362 g/mol. The van der Waals surface area contributed by atoms with Crippen LogP contribution in [0.25, 0.3) is 0 Å². The molecule has 7 heteroatoms. The van der Waals surface area contributed by atoms with Crippen molar-refractivity contribution in [1.29, 1.82) is 0 Å². The van der Waals surface area contributed by atoms with Crippen molar-refractivity contribution in [3.63, 3.8) is 0 Å². The molecular formula is C18H19FN2O3S. The minimum absolute atomic E-state index is 0.0737. The number of halogens is 1. The van der Waals surface area contributed by atoms with Crippen LogP contribution in [-0.4, -0.2) is 31.4 Å². The van der Waals surface area contributed by atoms with Crippen LogP contribution in [-0.2, 0) is 34.2 Å². The largest absolute Gasteiger partial charge is 0.326 e. The second-order valence-electron chi connectivity index (χ2n) is 6.18. The van der Waals surface area contributed by atoms with Gasteiger partial charge < -0.3 is 5.32 Å². The molecule has 1 aliphatic heterocycles. The van der Waals surface area contributed by atoms with E-state index in [-0.39, 0.29) is 18.1 Å². The highest BCUT2D eigenvalue weighted by molar-refractivity contribution is 7.88. The lowest BCUT2D eigenvalue weighted by atomic mass is 10.0. The Balaban J connectivity index is 1.71. The zero-order valence-electron chi connectivity index (χ0n) is 13.8. The van der Waals surface area contributed by atoms with Crippen LogP contribution in [0, 0.1) is 5.82 Å². The van der Waals surface area contributed by atoms with Gasteiger partial charge in [0.25, 0.3) is 0 Å². The van der Waals surface area contributed by atoms with Gasteiger partial charge in [0.2, 0.25) is 15.9 Å². The molecule has 3 rings (SSSR count). The van der Waals surface area contributed by atoms with Crippen molar-refractivity contribution in [2.75, 3.05) is 18.1 Å². The first-order chi connectivity index (χ1) is 11.8. The molecule has 0 saturated carbocycles. The van der Waals surface area contributed by atoms with E-state index in [9.17, 15) is 17.6 Å². The van der Waals surface area contributed by atoms with Gasteiger partial charge in [-0.1, -0.05) is 18.2 Å². The molecule has 0 fully saturated rings. The molecule has 1 heterocycles. The highest BCUT2D eigenvalue weighted by Gasteiger charge is 2.23. The molecule has 0 aliphatic carbocycles. The molecule has 1 amide bonds. The minimum Gasteiger partial charge on any atom is -0.326 e. The van der Waals surface area contributed by atoms with Crippen LogP contribution in [0.5, 0.6) is 0 Å². The molecule has 0 bridgehead atoms. The lowest BCUT2D eigenvalue weighted by Gasteiger charge is -2.27. The molecule has 0 radical (unpaired) electrons. The summed E-state index contributed by atoms with van der Waals surface area (Å²) >= 11 is 0. The summed E-state index contributed by atoms with van der Waals surface area (Å²) in [5.74, 6) is -0.624. The summed E-state index contributed by atoms with van der Waals surface area (Å²) in [5, 5.41) is 2.78. The monoisotopic (exact) mass is 362 g/mol. The smallest absolute Gasteiger partial charge is 0.228 e. The number of anilines is 1. The number of rotatable bonds is 4. The van der Waals surface area contributed by atoms with Crippen LogP contribution < -0.4 is 5.32 Å². The van der Waals surface area contributed by atoms with E-state index in [1.165, 1.54) is 22.7 Å². The fourth-order valence-corrected chi connectivity index (χ4v) is 3.73. The maximum absolute atomic E-state index is 13.2. The van der Waals surface area contributed by atoms with Crippen LogP contribution in [0.1, 0.15) is 16.7 Å². The lowest BCUT2D eigenvalue weighted by Crippen LogP contribution is -2.35. The van der Waals surface area contributed by atoms with Gasteiger partial charge >= 0.3 is 0 Å². The molecule has 2 aromatic rings. The number of benzene rings is 2. The van der Waals surface area contributed by atoms with Crippen molar-refractivity contribution in [3.8, 4) is 0 Å². The number of carbonyl (C=O) groups excluding carboxylic acids is 1. The van der Waals surface area contributed by atoms with E-state index < -0.39 is 10.0 Å². The second-order valence-corrected chi connectivity index (χ2v) is 8.17. The average Bonchev–Trinajstić information content (AvgIpc) is 2.53. The van der Waals surface area contributed by atoms with E-state index in [1.807, 2.05) is 6.07 Å². The topological polar surface area (TPSA) is 66.5 Å². The maximum atomic E-state index is 13.2. The summed E-state index contributed by atoms with van der Waals surface area (Å²) in [5.41, 5.74) is 3.18. The second kappa shape index (κ2) is 6.93. The first-order valence-electron chi connectivity index (χ1n) is 7.92. The van der Waals surface area contributed by atoms with Gasteiger partial charge in [0.1, 0.15) is 5.82 Å². The molecular weight excluding hydrogens is 343 g/mol. The fraction of sp³-hybridized carbons (Fsp3) is 0.278. The van der Waals surface area contributed by atoms with Crippen LogP contribution in [0.4, 0.5) is 10.1 Å². The number of carbonyl (C=O) groups is 1. The molecule has 1 aliphatic rings. The van der Waals surface area contributed by atoms with Gasteiger partial charge in [0.15, 0.2) is 0 Å². The van der Waals surface area contributed by atoms with Gasteiger partial charge in [-0.3, -0.25) is 4.79 Å². The predicted molar refractivity (Wildman–Crippen MR) is 94.1 cm³/mol. The molecule has 132 valence electrons. The molecule has 0 unspecified atom stereocenters. The summed E-state index contributed by atoms with van der Waals surface area (Å²) in [6.45, 7) is 0.777. The molecule has 2 aromatic carbocycles. The van der Waals surface area contributed by atoms with E-state index in [4.69, 9.17) is 0 Å². The highest BCUT2D eigenvalue weighted by Crippen LogP contribution is 2.24. The van der Waals surface area contributed by atoms with Crippen molar-refractivity contribution >= 4 is 21.6 Å². The van der Waals surface area contributed by atoms with Crippen LogP contribution in [0.3, 0.4) is 0 Å². The summed E-state index contributed by atoms with van der Waals surface area (Å²) < 4.78 is 38.0. The standard InChI is InChI=1S/C18H19FN2O3S/c1-25(23,24)21-8-7-14-5-6-17(11-15(14)12-21)20-18(22)10-13-3-2-4-16(19)9-13/h2-6,9,11H,7-8,10,12H2,1H3,(H,20,22). The van der Waals surface area contributed by atoms with Gasteiger partial charge in [-0.05, 0) is 47.4 Å². The number of amides is 1. The zero-order chi connectivity index (χ0) is 18.0. The molecule has 5 nitrogen and oxygen atoms in total. The lowest BCUT2D eigenvalue weighted by molar-refractivity contribution is -0.115. The number of fused-ring (bicyclic) bond motifs is 1. The Labute approximate surface area is 146 Å². The Morgan fingerprint density at radius 2 is 2.00 bits per heavy atom. The summed E-state index contributed by atoms with van der Waals surface area (Å²) in [6.07, 6.45) is 1.92. The molecule has 0 aromatic heterocycles. The number of hydrogen-bond acceptors (Lipinski definition) is 3. The van der Waals surface area contributed by atoms with Gasteiger partial charge in [-0.2, -0.15) is 4.31 Å². The zero-order valence-corrected chi connectivity index (χ0v) is 14.6. The van der Waals surface area contributed by atoms with Crippen molar-refractivity contribution in [2.45, 2.75) is 19.4 Å². The first-order valence-corrected chi connectivity index (χ1v) is 9.77. The quantitative estimate of drug-likeness (QED) is 0.908. The fourth-order valence-electron chi connectivity index (χ4n) is 2.93. The minimum atomic E-state index is -3.24. The third-order valence-corrected chi connectivity index (χ3v) is 5.44. The van der Waals surface area contributed by atoms with Gasteiger partial charge in [-0.25, -0.2) is 12.8 Å². The van der Waals surface area contributed by atoms with Crippen molar-refractivity contribution in [3.05, 3.63) is 65.0 Å². The highest BCUT2D eigenvalue weighted by atomic mass is 32.2. The number of sulfonamides is 1. The van der Waals surface area contributed by atoms with Gasteiger partial charge in [-0.15, -0.1) is 0 Å². The summed E-state index contributed by atoms with van der Waals surface area (Å²) in [6, 6.07) is 11.4. The van der Waals surface area contributed by atoms with Gasteiger partial charge in [0, 0.05) is 18.8 Å². The van der Waals surface area contributed by atoms with E-state index in [1.54, 1.807) is 24.3 Å². The SMILES string of the molecule is CS(=O)(=O)N1CCc2ccc(NC(=O)Cc3cccc(F)c3)cc2C1. The Hall–Kier alpha value is -2.25. The van der Waals surface area contributed by atoms with E-state index in [2.05, 4.69) is 5.32 Å². The Morgan fingerprint density at radius 1 is 1.20 bits per heavy atom. The van der Waals surface area contributed by atoms with Crippen LogP contribution >= 0.6 is 0 Å². The molecule has 0 saturated heterocycles. The predicted octanol–water partition coefficient (Wildman–Crippen LogP) is 2.32. The number of nitrogens with zero attached hydrogens (tertiary/aromatic N) is 1. The Morgan fingerprint density at radius 3 is 2.72 bits per heavy atom. The van der Waals surface area contributed by atoms with Crippen LogP contribution in [0.15, 0.2) is 42.5 Å².